The lowest BCUT2D eigenvalue weighted by Gasteiger charge is -2.28. The number of nitrogens with zero attached hydrogens (tertiary/aromatic N) is 4. The SMILES string of the molecule is C[C@H](/C=C/CCn1cc(CCO)nn1)[C@@]1(O)C(=O)N(Cc2cccc(NC(=O)c3ccccc3)c2)c2ccc(Br)cc21. The number of amides is 2. The van der Waals surface area contributed by atoms with E-state index in [1.165, 1.54) is 0 Å². The molecular weight excluding hydrogens is 598 g/mol. The van der Waals surface area contributed by atoms with Crippen LogP contribution in [0.25, 0.3) is 0 Å². The van der Waals surface area contributed by atoms with Gasteiger partial charge >= 0.3 is 0 Å². The van der Waals surface area contributed by atoms with Crippen molar-refractivity contribution in [1.82, 2.24) is 15.0 Å². The van der Waals surface area contributed by atoms with E-state index in [2.05, 4.69) is 31.6 Å². The lowest BCUT2D eigenvalue weighted by atomic mass is 9.83. The summed E-state index contributed by atoms with van der Waals surface area (Å²) >= 11 is 3.50. The maximum Gasteiger partial charge on any atom is 0.264 e. The maximum atomic E-state index is 13.9. The molecule has 5 rings (SSSR count). The number of aliphatic hydroxyl groups is 2. The van der Waals surface area contributed by atoms with E-state index in [1.54, 1.807) is 40.0 Å². The summed E-state index contributed by atoms with van der Waals surface area (Å²) in [6.07, 6.45) is 6.68. The fourth-order valence-corrected chi connectivity index (χ4v) is 5.48. The Labute approximate surface area is 252 Å². The molecular formula is C32H32BrN5O4. The number of carbonyl (C=O) groups is 2. The van der Waals surface area contributed by atoms with Crippen LogP contribution in [0.4, 0.5) is 11.4 Å². The largest absolute Gasteiger partial charge is 0.396 e. The van der Waals surface area contributed by atoms with E-state index in [0.717, 1.165) is 15.7 Å². The molecule has 0 spiro atoms. The first-order valence-electron chi connectivity index (χ1n) is 13.8. The van der Waals surface area contributed by atoms with Gasteiger partial charge in [0.2, 0.25) is 0 Å². The van der Waals surface area contributed by atoms with E-state index < -0.39 is 17.4 Å². The lowest BCUT2D eigenvalue weighted by molar-refractivity contribution is -0.139. The quantitative estimate of drug-likeness (QED) is 0.204. The molecule has 2 atom stereocenters. The van der Waals surface area contributed by atoms with Gasteiger partial charge in [-0.05, 0) is 54.4 Å². The number of benzene rings is 3. The number of anilines is 2. The summed E-state index contributed by atoms with van der Waals surface area (Å²) in [5.74, 6) is -1.14. The second kappa shape index (κ2) is 12.8. The molecule has 1 aliphatic heterocycles. The Bertz CT molecular complexity index is 1610. The summed E-state index contributed by atoms with van der Waals surface area (Å²) < 4.78 is 2.47. The van der Waals surface area contributed by atoms with Crippen molar-refractivity contribution in [2.24, 2.45) is 5.92 Å². The van der Waals surface area contributed by atoms with Crippen molar-refractivity contribution in [2.75, 3.05) is 16.8 Å². The number of nitrogens with one attached hydrogen (secondary N) is 1. The first-order valence-corrected chi connectivity index (χ1v) is 14.5. The Balaban J connectivity index is 1.32. The van der Waals surface area contributed by atoms with Crippen LogP contribution in [0.3, 0.4) is 0 Å². The van der Waals surface area contributed by atoms with Crippen LogP contribution < -0.4 is 10.2 Å². The van der Waals surface area contributed by atoms with Crippen molar-refractivity contribution < 1.29 is 19.8 Å². The zero-order valence-corrected chi connectivity index (χ0v) is 24.7. The van der Waals surface area contributed by atoms with E-state index in [1.807, 2.05) is 67.6 Å². The zero-order chi connectivity index (χ0) is 29.7. The van der Waals surface area contributed by atoms with Gasteiger partial charge in [-0.3, -0.25) is 14.3 Å². The highest BCUT2D eigenvalue weighted by Crippen LogP contribution is 2.46. The Kier molecular flexibility index (Phi) is 8.96. The number of halogens is 1. The standard InChI is InChI=1S/C32H32BrN5O4/c1-22(8-5-6-16-37-21-27(15-17-39)35-36-37)32(42)28-19-25(33)13-14-29(28)38(31(32)41)20-23-9-7-12-26(18-23)34-30(40)24-10-3-2-4-11-24/h2-5,7-14,18-19,21-22,39,42H,6,15-17,20H2,1H3,(H,34,40)/b8-5+/t22-,32+/m1/s1. The Morgan fingerprint density at radius 2 is 1.93 bits per heavy atom. The summed E-state index contributed by atoms with van der Waals surface area (Å²) in [7, 11) is 0. The molecule has 4 aromatic rings. The number of allylic oxidation sites excluding steroid dienone is 1. The van der Waals surface area contributed by atoms with E-state index in [-0.39, 0.29) is 19.1 Å². The fraction of sp³-hybridized carbons (Fsp3) is 0.250. The second-order valence-corrected chi connectivity index (χ2v) is 11.2. The molecule has 0 fully saturated rings. The van der Waals surface area contributed by atoms with Crippen molar-refractivity contribution in [1.29, 1.82) is 0 Å². The number of hydrogen-bond donors (Lipinski definition) is 3. The van der Waals surface area contributed by atoms with Gasteiger partial charge in [0.1, 0.15) is 0 Å². The van der Waals surface area contributed by atoms with Crippen molar-refractivity contribution in [3.05, 3.63) is 118 Å². The smallest absolute Gasteiger partial charge is 0.264 e. The molecule has 2 heterocycles. The van der Waals surface area contributed by atoms with E-state index >= 15 is 0 Å². The molecule has 0 unspecified atom stereocenters. The van der Waals surface area contributed by atoms with Crippen LogP contribution in [0.2, 0.25) is 0 Å². The van der Waals surface area contributed by atoms with Crippen molar-refractivity contribution >= 4 is 39.1 Å². The van der Waals surface area contributed by atoms with Gasteiger partial charge in [0.15, 0.2) is 5.60 Å². The maximum absolute atomic E-state index is 13.9. The van der Waals surface area contributed by atoms with Crippen LogP contribution in [0, 0.1) is 5.92 Å². The summed E-state index contributed by atoms with van der Waals surface area (Å²) in [5, 5.41) is 32.0. The third-order valence-electron chi connectivity index (χ3n) is 7.36. The Hall–Kier alpha value is -4.12. The minimum Gasteiger partial charge on any atom is -0.396 e. The molecule has 0 saturated heterocycles. The molecule has 10 heteroatoms. The van der Waals surface area contributed by atoms with Crippen LogP contribution in [-0.4, -0.2) is 43.6 Å². The average Bonchev–Trinajstić information content (AvgIpc) is 3.52. The highest BCUT2D eigenvalue weighted by molar-refractivity contribution is 9.10. The summed E-state index contributed by atoms with van der Waals surface area (Å²) in [5.41, 5.74) is 2.14. The van der Waals surface area contributed by atoms with Crippen molar-refractivity contribution in [3.8, 4) is 0 Å². The molecule has 216 valence electrons. The molecule has 0 saturated carbocycles. The van der Waals surface area contributed by atoms with Crippen LogP contribution in [0.5, 0.6) is 0 Å². The van der Waals surface area contributed by atoms with Crippen LogP contribution in [0.15, 0.2) is 95.6 Å². The summed E-state index contributed by atoms with van der Waals surface area (Å²) in [4.78, 5) is 28.2. The lowest BCUT2D eigenvalue weighted by Crippen LogP contribution is -2.44. The van der Waals surface area contributed by atoms with Crippen molar-refractivity contribution in [3.63, 3.8) is 0 Å². The van der Waals surface area contributed by atoms with Gasteiger partial charge in [-0.15, -0.1) is 5.10 Å². The predicted octanol–water partition coefficient (Wildman–Crippen LogP) is 4.84. The molecule has 0 aliphatic carbocycles. The topological polar surface area (TPSA) is 121 Å². The molecule has 9 nitrogen and oxygen atoms in total. The van der Waals surface area contributed by atoms with Crippen LogP contribution in [0.1, 0.15) is 40.5 Å². The number of fused-ring (bicyclic) bond motifs is 1. The number of carbonyl (C=O) groups excluding carboxylic acids is 2. The third-order valence-corrected chi connectivity index (χ3v) is 7.85. The molecule has 2 amide bonds. The Morgan fingerprint density at radius 3 is 2.71 bits per heavy atom. The van der Waals surface area contributed by atoms with Gasteiger partial charge in [0.05, 0.1) is 17.9 Å². The van der Waals surface area contributed by atoms with Gasteiger partial charge in [0, 0.05) is 53.0 Å². The van der Waals surface area contributed by atoms with Gasteiger partial charge in [-0.25, -0.2) is 0 Å². The highest BCUT2D eigenvalue weighted by Gasteiger charge is 2.52. The Morgan fingerprint density at radius 1 is 1.12 bits per heavy atom. The molecule has 0 bridgehead atoms. The van der Waals surface area contributed by atoms with Crippen LogP contribution >= 0.6 is 15.9 Å². The van der Waals surface area contributed by atoms with Crippen LogP contribution in [-0.2, 0) is 29.9 Å². The number of aliphatic hydroxyl groups excluding tert-OH is 1. The minimum atomic E-state index is -1.75. The average molecular weight is 631 g/mol. The normalized spacial score (nSPS) is 17.0. The second-order valence-electron chi connectivity index (χ2n) is 10.3. The molecule has 1 aromatic heterocycles. The first kappa shape index (κ1) is 29.4. The number of aryl methyl sites for hydroxylation is 1. The van der Waals surface area contributed by atoms with E-state index in [4.69, 9.17) is 5.11 Å². The molecule has 3 aromatic carbocycles. The number of hydrogen-bond acceptors (Lipinski definition) is 6. The fourth-order valence-electron chi connectivity index (χ4n) is 5.12. The monoisotopic (exact) mass is 629 g/mol. The van der Waals surface area contributed by atoms with Crippen molar-refractivity contribution in [2.45, 2.75) is 38.5 Å². The number of aromatic nitrogens is 3. The molecule has 0 radical (unpaired) electrons. The zero-order valence-electron chi connectivity index (χ0n) is 23.2. The number of rotatable bonds is 11. The first-order chi connectivity index (χ1) is 20.3. The van der Waals surface area contributed by atoms with Gasteiger partial charge in [-0.2, -0.15) is 0 Å². The van der Waals surface area contributed by atoms with Gasteiger partial charge in [-0.1, -0.05) is 70.6 Å². The summed E-state index contributed by atoms with van der Waals surface area (Å²) in [6.45, 7) is 2.66. The third kappa shape index (κ3) is 6.20. The molecule has 42 heavy (non-hydrogen) atoms. The van der Waals surface area contributed by atoms with Gasteiger partial charge in [0.25, 0.3) is 11.8 Å². The minimum absolute atomic E-state index is 0.0214. The summed E-state index contributed by atoms with van der Waals surface area (Å²) in [6, 6.07) is 21.8. The van der Waals surface area contributed by atoms with Gasteiger partial charge < -0.3 is 20.4 Å². The molecule has 3 N–H and O–H groups in total. The van der Waals surface area contributed by atoms with E-state index in [9.17, 15) is 14.7 Å². The van der Waals surface area contributed by atoms with E-state index in [0.29, 0.717) is 41.9 Å². The molecule has 1 aliphatic rings. The highest BCUT2D eigenvalue weighted by atomic mass is 79.9. The predicted molar refractivity (Wildman–Crippen MR) is 164 cm³/mol.